The van der Waals surface area contributed by atoms with E-state index >= 15 is 0 Å². The Morgan fingerprint density at radius 2 is 2.00 bits per heavy atom. The average molecular weight is 377 g/mol. The number of para-hydroxylation sites is 1. The highest BCUT2D eigenvalue weighted by atomic mass is 32.1. The van der Waals surface area contributed by atoms with E-state index in [9.17, 15) is 0 Å². The van der Waals surface area contributed by atoms with Crippen LogP contribution in [0.2, 0.25) is 0 Å². The molecule has 1 aliphatic rings. The van der Waals surface area contributed by atoms with Gasteiger partial charge in [-0.1, -0.05) is 35.6 Å². The van der Waals surface area contributed by atoms with Crippen LogP contribution in [-0.4, -0.2) is 21.0 Å². The Labute approximate surface area is 159 Å². The van der Waals surface area contributed by atoms with Crippen LogP contribution >= 0.6 is 22.7 Å². The lowest BCUT2D eigenvalue weighted by Gasteiger charge is -2.13. The highest BCUT2D eigenvalue weighted by molar-refractivity contribution is 7.16. The van der Waals surface area contributed by atoms with Crippen molar-refractivity contribution in [3.05, 3.63) is 69.0 Å². The fourth-order valence-corrected chi connectivity index (χ4v) is 4.87. The lowest BCUT2D eigenvalue weighted by molar-refractivity contribution is 0.779. The molecule has 0 unspecified atom stereocenters. The zero-order valence-electron chi connectivity index (χ0n) is 14.2. The van der Waals surface area contributed by atoms with Gasteiger partial charge in [0, 0.05) is 21.5 Å². The predicted octanol–water partition coefficient (Wildman–Crippen LogP) is 5.21. The van der Waals surface area contributed by atoms with Gasteiger partial charge in [-0.25, -0.2) is 14.7 Å². The molecule has 0 fully saturated rings. The van der Waals surface area contributed by atoms with Crippen molar-refractivity contribution in [3.8, 4) is 16.9 Å². The van der Waals surface area contributed by atoms with Gasteiger partial charge < -0.3 is 0 Å². The smallest absolute Gasteiger partial charge is 0.209 e. The molecule has 0 amide bonds. The Bertz CT molecular complexity index is 1090. The number of hydrogen-bond donors (Lipinski definition) is 0. The highest BCUT2D eigenvalue weighted by Crippen LogP contribution is 2.41. The van der Waals surface area contributed by atoms with E-state index in [-0.39, 0.29) is 0 Å². The van der Waals surface area contributed by atoms with Crippen molar-refractivity contribution in [2.45, 2.75) is 19.8 Å². The normalized spacial score (nSPS) is 13.1. The fourth-order valence-electron chi connectivity index (χ4n) is 3.37. The van der Waals surface area contributed by atoms with Gasteiger partial charge in [0.25, 0.3) is 0 Å². The first-order chi connectivity index (χ1) is 12.8. The van der Waals surface area contributed by atoms with Gasteiger partial charge >= 0.3 is 0 Å². The lowest BCUT2D eigenvalue weighted by Crippen LogP contribution is -2.07. The number of benzene rings is 1. The number of thiazole rings is 1. The number of rotatable bonds is 3. The second-order valence-corrected chi connectivity index (χ2v) is 8.24. The number of aliphatic imine (C=N–C) groups is 1. The number of fused-ring (bicyclic) bond motifs is 3. The van der Waals surface area contributed by atoms with E-state index in [1.807, 2.05) is 30.5 Å². The fraction of sp³-hybridized carbons (Fsp3) is 0.150. The van der Waals surface area contributed by atoms with Gasteiger partial charge in [-0.2, -0.15) is 5.10 Å². The Morgan fingerprint density at radius 1 is 1.12 bits per heavy atom. The molecule has 1 aliphatic carbocycles. The standard InChI is InChI=1S/C20H16N4S2/c1-13-18-16(24(23-13)14-6-3-2-4-7-14)9-10-17-19(18)22-20(26-17)21-12-15-8-5-11-25-15/h2-8,11-12H,9-10H2,1H3/b21-12+. The maximum atomic E-state index is 4.83. The van der Waals surface area contributed by atoms with Crippen molar-refractivity contribution in [1.29, 1.82) is 0 Å². The molecule has 0 radical (unpaired) electrons. The van der Waals surface area contributed by atoms with E-state index < -0.39 is 0 Å². The molecule has 3 heterocycles. The molecule has 0 N–H and O–H groups in total. The zero-order chi connectivity index (χ0) is 17.5. The van der Waals surface area contributed by atoms with Gasteiger partial charge in [-0.15, -0.1) is 11.3 Å². The molecule has 6 heteroatoms. The maximum Gasteiger partial charge on any atom is 0.209 e. The first-order valence-electron chi connectivity index (χ1n) is 8.51. The summed E-state index contributed by atoms with van der Waals surface area (Å²) in [6, 6.07) is 14.4. The first kappa shape index (κ1) is 15.7. The Balaban J connectivity index is 1.57. The molecule has 0 saturated carbocycles. The minimum absolute atomic E-state index is 0.822. The van der Waals surface area contributed by atoms with Crippen LogP contribution in [0.3, 0.4) is 0 Å². The quantitative estimate of drug-likeness (QED) is 0.460. The Morgan fingerprint density at radius 3 is 2.81 bits per heavy atom. The van der Waals surface area contributed by atoms with E-state index in [0.29, 0.717) is 0 Å². The summed E-state index contributed by atoms with van der Waals surface area (Å²) in [7, 11) is 0. The molecule has 0 aliphatic heterocycles. The van der Waals surface area contributed by atoms with E-state index in [1.54, 1.807) is 22.7 Å². The summed E-state index contributed by atoms with van der Waals surface area (Å²) < 4.78 is 2.07. The first-order valence-corrected chi connectivity index (χ1v) is 10.2. The largest absolute Gasteiger partial charge is 0.237 e. The molecule has 0 bridgehead atoms. The third kappa shape index (κ3) is 2.62. The van der Waals surface area contributed by atoms with Crippen LogP contribution in [0.1, 0.15) is 21.1 Å². The number of aryl methyl sites for hydroxylation is 2. The lowest BCUT2D eigenvalue weighted by atomic mass is 9.98. The van der Waals surface area contributed by atoms with E-state index in [2.05, 4.69) is 40.2 Å². The summed E-state index contributed by atoms with van der Waals surface area (Å²) in [5, 5.41) is 7.68. The summed E-state index contributed by atoms with van der Waals surface area (Å²) in [6.45, 7) is 2.07. The van der Waals surface area contributed by atoms with Crippen LogP contribution in [-0.2, 0) is 12.8 Å². The van der Waals surface area contributed by atoms with Gasteiger partial charge in [-0.3, -0.25) is 0 Å². The minimum atomic E-state index is 0.822. The van der Waals surface area contributed by atoms with Gasteiger partial charge in [0.1, 0.15) is 0 Å². The maximum absolute atomic E-state index is 4.83. The van der Waals surface area contributed by atoms with Crippen molar-refractivity contribution in [3.63, 3.8) is 0 Å². The van der Waals surface area contributed by atoms with Crippen LogP contribution in [0.25, 0.3) is 16.9 Å². The van der Waals surface area contributed by atoms with Gasteiger partial charge in [0.15, 0.2) is 0 Å². The van der Waals surface area contributed by atoms with Gasteiger partial charge in [0.05, 0.1) is 22.8 Å². The Hall–Kier alpha value is -2.57. The third-order valence-electron chi connectivity index (χ3n) is 4.51. The third-order valence-corrected chi connectivity index (χ3v) is 6.34. The van der Waals surface area contributed by atoms with Crippen molar-refractivity contribution in [2.75, 3.05) is 0 Å². The van der Waals surface area contributed by atoms with E-state index in [1.165, 1.54) is 16.1 Å². The number of thiophene rings is 1. The molecule has 1 aromatic carbocycles. The second-order valence-electron chi connectivity index (χ2n) is 6.20. The minimum Gasteiger partial charge on any atom is -0.237 e. The van der Waals surface area contributed by atoms with Crippen LogP contribution in [0, 0.1) is 6.92 Å². The van der Waals surface area contributed by atoms with E-state index in [4.69, 9.17) is 10.1 Å². The number of aromatic nitrogens is 3. The van der Waals surface area contributed by atoms with Crippen molar-refractivity contribution >= 4 is 34.0 Å². The van der Waals surface area contributed by atoms with Crippen LogP contribution in [0.5, 0.6) is 0 Å². The summed E-state index contributed by atoms with van der Waals surface area (Å²) in [5.74, 6) is 0. The van der Waals surface area contributed by atoms with Crippen LogP contribution in [0.15, 0.2) is 52.8 Å². The molecule has 0 spiro atoms. The van der Waals surface area contributed by atoms with E-state index in [0.717, 1.165) is 39.9 Å². The number of hydrogen-bond acceptors (Lipinski definition) is 5. The second kappa shape index (κ2) is 6.30. The van der Waals surface area contributed by atoms with Crippen LogP contribution in [0.4, 0.5) is 5.13 Å². The predicted molar refractivity (Wildman–Crippen MR) is 108 cm³/mol. The molecule has 26 heavy (non-hydrogen) atoms. The monoisotopic (exact) mass is 376 g/mol. The van der Waals surface area contributed by atoms with Crippen LogP contribution < -0.4 is 0 Å². The van der Waals surface area contributed by atoms with Gasteiger partial charge in [0.2, 0.25) is 5.13 Å². The molecule has 0 atom stereocenters. The molecule has 4 aromatic rings. The molecule has 3 aromatic heterocycles. The summed E-state index contributed by atoms with van der Waals surface area (Å²) in [5.41, 5.74) is 5.63. The molecular weight excluding hydrogens is 360 g/mol. The summed E-state index contributed by atoms with van der Waals surface area (Å²) >= 11 is 3.38. The molecule has 4 nitrogen and oxygen atoms in total. The molecule has 128 valence electrons. The zero-order valence-corrected chi connectivity index (χ0v) is 15.8. The highest BCUT2D eigenvalue weighted by Gasteiger charge is 2.27. The average Bonchev–Trinajstić information content (AvgIpc) is 3.39. The SMILES string of the molecule is Cc1nn(-c2ccccc2)c2c1-c1nc(/N=C/c3cccs3)sc1CC2. The molecule has 5 rings (SSSR count). The summed E-state index contributed by atoms with van der Waals surface area (Å²) in [4.78, 5) is 11.9. The van der Waals surface area contributed by atoms with Crippen molar-refractivity contribution < 1.29 is 0 Å². The van der Waals surface area contributed by atoms with Gasteiger partial charge in [-0.05, 0) is 43.3 Å². The Kier molecular flexibility index (Phi) is 3.80. The van der Waals surface area contributed by atoms with Crippen molar-refractivity contribution in [1.82, 2.24) is 14.8 Å². The summed E-state index contributed by atoms with van der Waals surface area (Å²) in [6.07, 6.45) is 3.87. The van der Waals surface area contributed by atoms with Crippen molar-refractivity contribution in [2.24, 2.45) is 4.99 Å². The molecular formula is C20H16N4S2. The molecule has 0 saturated heterocycles. The number of nitrogens with zero attached hydrogens (tertiary/aromatic N) is 4. The topological polar surface area (TPSA) is 43.1 Å².